The molecule has 2 saturated heterocycles. The number of hydrogen-bond donors (Lipinski definition) is 0. The van der Waals surface area contributed by atoms with E-state index >= 15 is 0 Å². The van der Waals surface area contributed by atoms with E-state index in [9.17, 15) is 9.59 Å². The number of benzene rings is 2. The molecule has 2 aromatic rings. The molecule has 0 aliphatic carbocycles. The highest BCUT2D eigenvalue weighted by molar-refractivity contribution is 8.00. The lowest BCUT2D eigenvalue weighted by Gasteiger charge is -2.39. The van der Waals surface area contributed by atoms with Gasteiger partial charge in [-0.15, -0.1) is 11.8 Å². The van der Waals surface area contributed by atoms with Crippen LogP contribution in [0.2, 0.25) is 0 Å². The molecule has 2 heterocycles. The van der Waals surface area contributed by atoms with Crippen LogP contribution in [0.3, 0.4) is 0 Å². The third kappa shape index (κ3) is 5.69. The van der Waals surface area contributed by atoms with E-state index in [2.05, 4.69) is 30.9 Å². The Labute approximate surface area is 212 Å². The summed E-state index contributed by atoms with van der Waals surface area (Å²) in [6.45, 7) is 7.13. The molecule has 2 atom stereocenters. The number of carbonyl (C=O) groups is 2. The van der Waals surface area contributed by atoms with Crippen LogP contribution in [0, 0.1) is 5.92 Å². The number of hydrogen-bond acceptors (Lipinski definition) is 6. The molecule has 0 spiro atoms. The van der Waals surface area contributed by atoms with Gasteiger partial charge in [0.25, 0.3) is 5.91 Å². The van der Waals surface area contributed by atoms with E-state index in [1.54, 1.807) is 50.2 Å². The number of ether oxygens (including phenoxy) is 2. The minimum atomic E-state index is -0.439. The fourth-order valence-corrected chi connectivity index (χ4v) is 6.31. The number of carbonyl (C=O) groups excluding carboxylic acids is 2. The second-order valence-corrected chi connectivity index (χ2v) is 10.6. The number of piperazine rings is 1. The number of nitrogens with zero attached hydrogens (tertiary/aromatic N) is 3. The SMILES string of the molecule is COc1ccc(C(=O)N2C(CC(C)C)SCC2C(=O)N2CCN(c3ccc(OC)cc3)CC2)cc1. The average Bonchev–Trinajstić information content (AvgIpc) is 3.30. The van der Waals surface area contributed by atoms with Gasteiger partial charge in [0.2, 0.25) is 5.91 Å². The summed E-state index contributed by atoms with van der Waals surface area (Å²) >= 11 is 1.72. The van der Waals surface area contributed by atoms with Gasteiger partial charge in [-0.2, -0.15) is 0 Å². The van der Waals surface area contributed by atoms with Gasteiger partial charge < -0.3 is 24.2 Å². The lowest BCUT2D eigenvalue weighted by Crippen LogP contribution is -2.56. The van der Waals surface area contributed by atoms with Crippen LogP contribution in [-0.4, -0.2) is 79.2 Å². The van der Waals surface area contributed by atoms with Crippen molar-refractivity contribution < 1.29 is 19.1 Å². The van der Waals surface area contributed by atoms with Crippen LogP contribution in [0.25, 0.3) is 0 Å². The van der Waals surface area contributed by atoms with E-state index in [-0.39, 0.29) is 17.2 Å². The first-order valence-electron chi connectivity index (χ1n) is 12.2. The molecule has 0 N–H and O–H groups in total. The molecule has 2 aliphatic rings. The van der Waals surface area contributed by atoms with Crippen molar-refractivity contribution in [2.75, 3.05) is 51.1 Å². The number of anilines is 1. The van der Waals surface area contributed by atoms with Crippen molar-refractivity contribution in [1.29, 1.82) is 0 Å². The van der Waals surface area contributed by atoms with Crippen molar-refractivity contribution in [3.8, 4) is 11.5 Å². The van der Waals surface area contributed by atoms with Crippen LogP contribution in [0.5, 0.6) is 11.5 Å². The van der Waals surface area contributed by atoms with E-state index in [4.69, 9.17) is 9.47 Å². The summed E-state index contributed by atoms with van der Waals surface area (Å²) in [5, 5.41) is -0.000796. The zero-order chi connectivity index (χ0) is 24.9. The van der Waals surface area contributed by atoms with Gasteiger partial charge >= 0.3 is 0 Å². The first-order valence-corrected chi connectivity index (χ1v) is 13.2. The van der Waals surface area contributed by atoms with E-state index in [1.807, 2.05) is 21.9 Å². The predicted molar refractivity (Wildman–Crippen MR) is 140 cm³/mol. The predicted octanol–water partition coefficient (Wildman–Crippen LogP) is 3.98. The van der Waals surface area contributed by atoms with E-state index in [0.717, 1.165) is 30.9 Å². The maximum atomic E-state index is 13.7. The summed E-state index contributed by atoms with van der Waals surface area (Å²) in [6.07, 6.45) is 0.863. The van der Waals surface area contributed by atoms with Gasteiger partial charge in [-0.3, -0.25) is 9.59 Å². The van der Waals surface area contributed by atoms with Crippen LogP contribution in [0.15, 0.2) is 48.5 Å². The quantitative estimate of drug-likeness (QED) is 0.577. The molecule has 2 unspecified atom stereocenters. The van der Waals surface area contributed by atoms with Gasteiger partial charge in [-0.05, 0) is 60.9 Å². The van der Waals surface area contributed by atoms with E-state index in [1.165, 1.54) is 0 Å². The Bertz CT molecular complexity index is 1000. The van der Waals surface area contributed by atoms with Gasteiger partial charge in [0, 0.05) is 43.2 Å². The van der Waals surface area contributed by atoms with Gasteiger partial charge in [0.15, 0.2) is 0 Å². The molecule has 0 aromatic heterocycles. The topological polar surface area (TPSA) is 62.3 Å². The number of methoxy groups -OCH3 is 2. The minimum absolute atomic E-state index is 0.000796. The van der Waals surface area contributed by atoms with Crippen LogP contribution < -0.4 is 14.4 Å². The number of thioether (sulfide) groups is 1. The third-order valence-corrected chi connectivity index (χ3v) is 7.96. The minimum Gasteiger partial charge on any atom is -0.497 e. The van der Waals surface area contributed by atoms with Gasteiger partial charge in [-0.1, -0.05) is 13.8 Å². The van der Waals surface area contributed by atoms with Gasteiger partial charge in [0.1, 0.15) is 17.5 Å². The smallest absolute Gasteiger partial charge is 0.255 e. The summed E-state index contributed by atoms with van der Waals surface area (Å²) in [6, 6.07) is 14.7. The van der Waals surface area contributed by atoms with Crippen LogP contribution in [-0.2, 0) is 4.79 Å². The Hall–Kier alpha value is -2.87. The normalized spacial score (nSPS) is 20.3. The Kier molecular flexibility index (Phi) is 8.11. The molecule has 7 nitrogen and oxygen atoms in total. The van der Waals surface area contributed by atoms with Crippen molar-refractivity contribution in [2.45, 2.75) is 31.7 Å². The van der Waals surface area contributed by atoms with E-state index < -0.39 is 6.04 Å². The summed E-state index contributed by atoms with van der Waals surface area (Å²) in [5.41, 5.74) is 1.71. The van der Waals surface area contributed by atoms with Gasteiger partial charge in [0.05, 0.1) is 19.6 Å². The molecule has 188 valence electrons. The molecule has 0 bridgehead atoms. The summed E-state index contributed by atoms with van der Waals surface area (Å²) < 4.78 is 10.5. The first-order chi connectivity index (χ1) is 16.9. The number of amides is 2. The first kappa shape index (κ1) is 25.2. The highest BCUT2D eigenvalue weighted by Crippen LogP contribution is 2.36. The highest BCUT2D eigenvalue weighted by Gasteiger charge is 2.43. The standard InChI is InChI=1S/C27H35N3O4S/c1-19(2)17-25-30(26(31)20-5-9-22(33-3)10-6-20)24(18-35-25)27(32)29-15-13-28(14-16-29)21-7-11-23(34-4)12-8-21/h5-12,19,24-25H,13-18H2,1-4H3. The molecule has 2 fully saturated rings. The molecule has 2 amide bonds. The molecular formula is C27H35N3O4S. The molecule has 35 heavy (non-hydrogen) atoms. The highest BCUT2D eigenvalue weighted by atomic mass is 32.2. The Morgan fingerprint density at radius 2 is 1.49 bits per heavy atom. The summed E-state index contributed by atoms with van der Waals surface area (Å²) in [4.78, 5) is 33.3. The van der Waals surface area contributed by atoms with Crippen molar-refractivity contribution in [3.05, 3.63) is 54.1 Å². The molecule has 0 saturated carbocycles. The molecule has 4 rings (SSSR count). The molecule has 2 aliphatic heterocycles. The monoisotopic (exact) mass is 497 g/mol. The molecular weight excluding hydrogens is 462 g/mol. The molecule has 2 aromatic carbocycles. The third-order valence-electron chi connectivity index (χ3n) is 6.65. The fourth-order valence-electron chi connectivity index (χ4n) is 4.68. The zero-order valence-corrected chi connectivity index (χ0v) is 21.8. The Morgan fingerprint density at radius 1 is 0.914 bits per heavy atom. The summed E-state index contributed by atoms with van der Waals surface area (Å²) in [5.74, 6) is 2.58. The molecule has 8 heteroatoms. The maximum absolute atomic E-state index is 13.7. The fraction of sp³-hybridized carbons (Fsp3) is 0.481. The second-order valence-electron chi connectivity index (χ2n) is 9.38. The second kappa shape index (κ2) is 11.2. The van der Waals surface area contributed by atoms with Crippen LogP contribution in [0.4, 0.5) is 5.69 Å². The van der Waals surface area contributed by atoms with E-state index in [0.29, 0.717) is 36.1 Å². The zero-order valence-electron chi connectivity index (χ0n) is 21.0. The van der Waals surface area contributed by atoms with Crippen LogP contribution >= 0.6 is 11.8 Å². The lowest BCUT2D eigenvalue weighted by atomic mass is 10.1. The average molecular weight is 498 g/mol. The Morgan fingerprint density at radius 3 is 2.03 bits per heavy atom. The van der Waals surface area contributed by atoms with Gasteiger partial charge in [-0.25, -0.2) is 0 Å². The maximum Gasteiger partial charge on any atom is 0.255 e. The molecule has 0 radical (unpaired) electrons. The summed E-state index contributed by atoms with van der Waals surface area (Å²) in [7, 11) is 3.27. The van der Waals surface area contributed by atoms with Crippen molar-refractivity contribution >= 4 is 29.3 Å². The largest absolute Gasteiger partial charge is 0.497 e. The van der Waals surface area contributed by atoms with Crippen molar-refractivity contribution in [1.82, 2.24) is 9.80 Å². The number of rotatable bonds is 7. The lowest BCUT2D eigenvalue weighted by molar-refractivity contribution is -0.135. The van der Waals surface area contributed by atoms with Crippen molar-refractivity contribution in [3.63, 3.8) is 0 Å². The van der Waals surface area contributed by atoms with Crippen molar-refractivity contribution in [2.24, 2.45) is 5.92 Å². The van der Waals surface area contributed by atoms with Crippen LogP contribution in [0.1, 0.15) is 30.6 Å². The Balaban J connectivity index is 1.46.